The van der Waals surface area contributed by atoms with Crippen molar-refractivity contribution in [3.05, 3.63) is 95.9 Å². The second kappa shape index (κ2) is 8.29. The van der Waals surface area contributed by atoms with E-state index < -0.39 is 0 Å². The van der Waals surface area contributed by atoms with Gasteiger partial charge in [-0.1, -0.05) is 48.5 Å². The van der Waals surface area contributed by atoms with Crippen molar-refractivity contribution >= 4 is 22.7 Å². The van der Waals surface area contributed by atoms with Gasteiger partial charge in [0.25, 0.3) is 0 Å². The van der Waals surface area contributed by atoms with Crippen LogP contribution in [-0.2, 0) is 0 Å². The van der Waals surface area contributed by atoms with Crippen molar-refractivity contribution in [3.8, 4) is 22.8 Å². The summed E-state index contributed by atoms with van der Waals surface area (Å²) in [5, 5.41) is 7.04. The van der Waals surface area contributed by atoms with Gasteiger partial charge in [-0.05, 0) is 42.0 Å². The van der Waals surface area contributed by atoms with Crippen LogP contribution in [0.1, 0.15) is 5.56 Å². The molecule has 132 valence electrons. The molecule has 0 aliphatic heterocycles. The maximum Gasteiger partial charge on any atom is 0.203 e. The van der Waals surface area contributed by atoms with E-state index in [-0.39, 0.29) is 0 Å². The van der Waals surface area contributed by atoms with Crippen LogP contribution in [0.2, 0.25) is 0 Å². The molecule has 4 rings (SSSR count). The summed E-state index contributed by atoms with van der Waals surface area (Å²) in [4.78, 5) is 4.55. The molecule has 1 N–H and O–H groups in total. The Labute approximate surface area is 161 Å². The van der Waals surface area contributed by atoms with E-state index in [9.17, 15) is 0 Å². The number of anilines is 1. The van der Waals surface area contributed by atoms with Crippen molar-refractivity contribution in [3.63, 3.8) is 0 Å². The van der Waals surface area contributed by atoms with Crippen molar-refractivity contribution in [2.75, 3.05) is 5.43 Å². The summed E-state index contributed by atoms with van der Waals surface area (Å²) < 4.78 is 5.78. The summed E-state index contributed by atoms with van der Waals surface area (Å²) in [7, 11) is 0. The summed E-state index contributed by atoms with van der Waals surface area (Å²) in [6.45, 7) is 0. The first-order chi connectivity index (χ1) is 13.4. The van der Waals surface area contributed by atoms with Gasteiger partial charge in [-0.25, -0.2) is 4.98 Å². The van der Waals surface area contributed by atoms with E-state index in [1.165, 1.54) is 11.3 Å². The predicted octanol–water partition coefficient (Wildman–Crippen LogP) is 6.05. The Bertz CT molecular complexity index is 1010. The number of hydrogen-bond acceptors (Lipinski definition) is 5. The number of nitrogens with one attached hydrogen (secondary N) is 1. The lowest BCUT2D eigenvalue weighted by Gasteiger charge is -2.05. The third-order valence-electron chi connectivity index (χ3n) is 3.81. The lowest BCUT2D eigenvalue weighted by molar-refractivity contribution is 0.482. The maximum atomic E-state index is 5.78. The van der Waals surface area contributed by atoms with Crippen LogP contribution in [-0.4, -0.2) is 11.2 Å². The number of hydrazone groups is 1. The number of para-hydroxylation sites is 1. The molecule has 0 atom stereocenters. The Hall–Kier alpha value is -3.44. The first-order valence-electron chi connectivity index (χ1n) is 8.50. The normalized spacial score (nSPS) is 10.8. The summed E-state index contributed by atoms with van der Waals surface area (Å²) >= 11 is 1.53. The first kappa shape index (κ1) is 17.0. The zero-order valence-electron chi connectivity index (χ0n) is 14.4. The van der Waals surface area contributed by atoms with E-state index in [0.717, 1.165) is 33.5 Å². The first-order valence-corrected chi connectivity index (χ1v) is 9.38. The quantitative estimate of drug-likeness (QED) is 0.331. The van der Waals surface area contributed by atoms with Crippen LogP contribution >= 0.6 is 11.3 Å². The van der Waals surface area contributed by atoms with Crippen LogP contribution in [0, 0.1) is 0 Å². The largest absolute Gasteiger partial charge is 0.457 e. The van der Waals surface area contributed by atoms with E-state index >= 15 is 0 Å². The van der Waals surface area contributed by atoms with Crippen molar-refractivity contribution < 1.29 is 4.74 Å². The van der Waals surface area contributed by atoms with Gasteiger partial charge in [0.2, 0.25) is 5.13 Å². The van der Waals surface area contributed by atoms with Gasteiger partial charge in [-0.2, -0.15) is 5.10 Å². The fraction of sp³-hybridized carbons (Fsp3) is 0. The molecule has 0 amide bonds. The average molecular weight is 371 g/mol. The lowest BCUT2D eigenvalue weighted by Crippen LogP contribution is -1.90. The predicted molar refractivity (Wildman–Crippen MR) is 112 cm³/mol. The molecule has 4 nitrogen and oxygen atoms in total. The Morgan fingerprint density at radius 1 is 0.815 bits per heavy atom. The van der Waals surface area contributed by atoms with Gasteiger partial charge in [0.05, 0.1) is 11.9 Å². The molecule has 0 unspecified atom stereocenters. The van der Waals surface area contributed by atoms with Crippen LogP contribution < -0.4 is 10.2 Å². The highest BCUT2D eigenvalue weighted by molar-refractivity contribution is 7.14. The number of rotatable bonds is 6. The third-order valence-corrected chi connectivity index (χ3v) is 4.55. The molecule has 1 heterocycles. The SMILES string of the molecule is C(=NNc1nc(-c2ccccc2)cs1)c1ccc(Oc2ccccc2)cc1. The minimum Gasteiger partial charge on any atom is -0.457 e. The highest BCUT2D eigenvalue weighted by atomic mass is 32.1. The maximum absolute atomic E-state index is 5.78. The zero-order valence-corrected chi connectivity index (χ0v) is 15.3. The van der Waals surface area contributed by atoms with E-state index in [2.05, 4.69) is 15.5 Å². The van der Waals surface area contributed by atoms with Crippen LogP contribution in [0.5, 0.6) is 11.5 Å². The second-order valence-electron chi connectivity index (χ2n) is 5.76. The lowest BCUT2D eigenvalue weighted by atomic mass is 10.2. The van der Waals surface area contributed by atoms with E-state index in [4.69, 9.17) is 4.74 Å². The Morgan fingerprint density at radius 3 is 2.22 bits per heavy atom. The smallest absolute Gasteiger partial charge is 0.203 e. The molecule has 27 heavy (non-hydrogen) atoms. The van der Waals surface area contributed by atoms with Gasteiger partial charge in [-0.15, -0.1) is 11.3 Å². The Balaban J connectivity index is 1.35. The van der Waals surface area contributed by atoms with Crippen LogP contribution in [0.15, 0.2) is 95.4 Å². The zero-order chi connectivity index (χ0) is 18.3. The van der Waals surface area contributed by atoms with E-state index in [1.807, 2.05) is 90.3 Å². The number of thiazole rings is 1. The molecule has 0 bridgehead atoms. The molecule has 0 spiro atoms. The average Bonchev–Trinajstić information content (AvgIpc) is 3.20. The van der Waals surface area contributed by atoms with E-state index in [0.29, 0.717) is 0 Å². The standard InChI is InChI=1S/C22H17N3OS/c1-3-7-18(8-4-1)21-16-27-22(24-21)25-23-15-17-11-13-20(14-12-17)26-19-9-5-2-6-10-19/h1-16H,(H,24,25). The van der Waals surface area contributed by atoms with Gasteiger partial charge < -0.3 is 4.74 Å². The minimum atomic E-state index is 0.758. The van der Waals surface area contributed by atoms with Crippen LogP contribution in [0.25, 0.3) is 11.3 Å². The summed E-state index contributed by atoms with van der Waals surface area (Å²) in [6, 6.07) is 27.6. The van der Waals surface area contributed by atoms with Gasteiger partial charge >= 0.3 is 0 Å². The molecule has 0 radical (unpaired) electrons. The highest BCUT2D eigenvalue weighted by Gasteiger charge is 2.02. The van der Waals surface area contributed by atoms with Crippen molar-refractivity contribution in [1.29, 1.82) is 0 Å². The summed E-state index contributed by atoms with van der Waals surface area (Å²) in [6.07, 6.45) is 1.76. The molecule has 0 aliphatic rings. The number of aromatic nitrogens is 1. The summed E-state index contributed by atoms with van der Waals surface area (Å²) in [5.41, 5.74) is 6.00. The van der Waals surface area contributed by atoms with Gasteiger partial charge in [0.15, 0.2) is 0 Å². The Kier molecular flexibility index (Phi) is 5.22. The van der Waals surface area contributed by atoms with Gasteiger partial charge in [0, 0.05) is 10.9 Å². The van der Waals surface area contributed by atoms with Gasteiger partial charge in [-0.3, -0.25) is 5.43 Å². The molecular formula is C22H17N3OS. The molecule has 5 heteroatoms. The fourth-order valence-corrected chi connectivity index (χ4v) is 3.14. The second-order valence-corrected chi connectivity index (χ2v) is 6.62. The number of ether oxygens (including phenoxy) is 1. The highest BCUT2D eigenvalue weighted by Crippen LogP contribution is 2.24. The fourth-order valence-electron chi connectivity index (χ4n) is 2.48. The summed E-state index contributed by atoms with van der Waals surface area (Å²) in [5.74, 6) is 1.61. The minimum absolute atomic E-state index is 0.758. The van der Waals surface area contributed by atoms with E-state index in [1.54, 1.807) is 6.21 Å². The molecule has 3 aromatic carbocycles. The molecule has 4 aromatic rings. The number of nitrogens with zero attached hydrogens (tertiary/aromatic N) is 2. The van der Waals surface area contributed by atoms with Crippen molar-refractivity contribution in [1.82, 2.24) is 4.98 Å². The van der Waals surface area contributed by atoms with Crippen LogP contribution in [0.3, 0.4) is 0 Å². The monoisotopic (exact) mass is 371 g/mol. The molecule has 0 saturated heterocycles. The molecule has 1 aromatic heterocycles. The molecule has 0 fully saturated rings. The topological polar surface area (TPSA) is 46.5 Å². The van der Waals surface area contributed by atoms with Crippen LogP contribution in [0.4, 0.5) is 5.13 Å². The van der Waals surface area contributed by atoms with Crippen molar-refractivity contribution in [2.24, 2.45) is 5.10 Å². The van der Waals surface area contributed by atoms with Gasteiger partial charge in [0.1, 0.15) is 11.5 Å². The number of hydrogen-bond donors (Lipinski definition) is 1. The van der Waals surface area contributed by atoms with Crippen molar-refractivity contribution in [2.45, 2.75) is 0 Å². The molecular weight excluding hydrogens is 354 g/mol. The molecule has 0 saturated carbocycles. The molecule has 0 aliphatic carbocycles. The Morgan fingerprint density at radius 2 is 1.48 bits per heavy atom. The third kappa shape index (κ3) is 4.59. The number of benzene rings is 3.